The molecule has 1 heterocycles. The third-order valence-electron chi connectivity index (χ3n) is 1.67. The highest BCUT2D eigenvalue weighted by Gasteiger charge is 2.12. The molecule has 0 aliphatic carbocycles. The Kier molecular flexibility index (Phi) is 3.00. The lowest BCUT2D eigenvalue weighted by Crippen LogP contribution is -2.35. The average molecular weight is 245 g/mol. The van der Waals surface area contributed by atoms with E-state index in [0.29, 0.717) is 22.3 Å². The molecule has 0 saturated carbocycles. The van der Waals surface area contributed by atoms with Crippen LogP contribution in [0.5, 0.6) is 6.08 Å². The zero-order valence-corrected chi connectivity index (χ0v) is 8.53. The highest BCUT2D eigenvalue weighted by molar-refractivity contribution is 7.99. The van der Waals surface area contributed by atoms with Gasteiger partial charge in [0.15, 0.2) is 0 Å². The second-order valence-corrected chi connectivity index (χ2v) is 3.76. The number of hydrogen-bond donors (Lipinski definition) is 0. The molecule has 0 fully saturated rings. The SMILES string of the molecule is [O-]c1n[n+](-c2ccc(SC(F)F)cc2)no1. The minimum atomic E-state index is -2.46. The Balaban J connectivity index is 2.19. The summed E-state index contributed by atoms with van der Waals surface area (Å²) in [5, 5.41) is 17.4. The van der Waals surface area contributed by atoms with E-state index in [-0.39, 0.29) is 0 Å². The maximum atomic E-state index is 12.0. The molecule has 8 heteroatoms. The zero-order chi connectivity index (χ0) is 11.5. The molecule has 0 spiro atoms. The second-order valence-electron chi connectivity index (χ2n) is 2.70. The number of benzene rings is 1. The van der Waals surface area contributed by atoms with Gasteiger partial charge in [-0.05, 0) is 12.1 Å². The normalized spacial score (nSPS) is 10.9. The van der Waals surface area contributed by atoms with Crippen LogP contribution in [0, 0.1) is 0 Å². The van der Waals surface area contributed by atoms with Crippen molar-refractivity contribution in [3.05, 3.63) is 24.3 Å². The van der Waals surface area contributed by atoms with Crippen molar-refractivity contribution in [2.45, 2.75) is 10.7 Å². The average Bonchev–Trinajstić information content (AvgIpc) is 2.65. The standard InChI is InChI=1S/C8H5F2N3O2S/c9-7(10)16-6-3-1-5(2-4-6)13-11-8(14)15-12-13/h1-4,7H. The quantitative estimate of drug-likeness (QED) is 0.589. The number of thioether (sulfide) groups is 1. The Labute approximate surface area is 92.7 Å². The molecule has 5 nitrogen and oxygen atoms in total. The summed E-state index contributed by atoms with van der Waals surface area (Å²) in [4.78, 5) is 1.41. The lowest BCUT2D eigenvalue weighted by Gasteiger charge is -1.97. The molecule has 0 aliphatic heterocycles. The Morgan fingerprint density at radius 2 is 2.00 bits per heavy atom. The molecule has 0 aliphatic rings. The van der Waals surface area contributed by atoms with Gasteiger partial charge in [0.2, 0.25) is 6.08 Å². The number of hydrogen-bond acceptors (Lipinski definition) is 5. The van der Waals surface area contributed by atoms with E-state index in [2.05, 4.69) is 14.9 Å². The fraction of sp³-hybridized carbons (Fsp3) is 0.125. The summed E-state index contributed by atoms with van der Waals surface area (Å²) in [6.07, 6.45) is -0.814. The van der Waals surface area contributed by atoms with Crippen molar-refractivity contribution in [3.63, 3.8) is 0 Å². The van der Waals surface area contributed by atoms with Crippen LogP contribution in [0.4, 0.5) is 8.78 Å². The zero-order valence-electron chi connectivity index (χ0n) is 7.71. The van der Waals surface area contributed by atoms with Gasteiger partial charge in [0.05, 0.1) is 9.90 Å². The largest absolute Gasteiger partial charge is 0.523 e. The summed E-state index contributed by atoms with van der Waals surface area (Å²) in [5.41, 5.74) is 0.462. The van der Waals surface area contributed by atoms with E-state index in [1.807, 2.05) is 0 Å². The van der Waals surface area contributed by atoms with Crippen LogP contribution in [-0.4, -0.2) is 16.1 Å². The van der Waals surface area contributed by atoms with E-state index in [1.54, 1.807) is 0 Å². The molecule has 0 amide bonds. The van der Waals surface area contributed by atoms with Crippen LogP contribution in [-0.2, 0) is 0 Å². The van der Waals surface area contributed by atoms with Crippen molar-refractivity contribution in [2.75, 3.05) is 0 Å². The van der Waals surface area contributed by atoms with Gasteiger partial charge in [-0.15, -0.1) is 0 Å². The molecular formula is C8H5F2N3O2S. The molecule has 0 bridgehead atoms. The number of alkyl halides is 2. The predicted octanol–water partition coefficient (Wildman–Crippen LogP) is 0.735. The van der Waals surface area contributed by atoms with Crippen molar-refractivity contribution in [2.24, 2.45) is 0 Å². The van der Waals surface area contributed by atoms with E-state index >= 15 is 0 Å². The highest BCUT2D eigenvalue weighted by atomic mass is 32.2. The summed E-state index contributed by atoms with van der Waals surface area (Å²) >= 11 is 0.439. The van der Waals surface area contributed by atoms with Gasteiger partial charge in [0.1, 0.15) is 5.27 Å². The third-order valence-corrected chi connectivity index (χ3v) is 2.39. The molecular weight excluding hydrogens is 240 g/mol. The number of nitrogens with zero attached hydrogens (tertiary/aromatic N) is 3. The summed E-state index contributed by atoms with van der Waals surface area (Å²) in [5.74, 6) is -2.46. The molecule has 0 radical (unpaired) electrons. The Hall–Kier alpha value is -1.70. The smallest absolute Gasteiger partial charge is 0.288 e. The van der Waals surface area contributed by atoms with Gasteiger partial charge in [-0.25, -0.2) is 0 Å². The molecule has 0 saturated heterocycles. The van der Waals surface area contributed by atoms with E-state index in [9.17, 15) is 13.9 Å². The molecule has 2 rings (SSSR count). The summed E-state index contributed by atoms with van der Waals surface area (Å²) in [6.45, 7) is 0. The maximum Gasteiger partial charge on any atom is 0.288 e. The molecule has 0 atom stereocenters. The fourth-order valence-electron chi connectivity index (χ4n) is 1.05. The number of rotatable bonds is 3. The van der Waals surface area contributed by atoms with Crippen LogP contribution in [0.2, 0.25) is 0 Å². The summed E-state index contributed by atoms with van der Waals surface area (Å²) in [6, 6.07) is 6.00. The van der Waals surface area contributed by atoms with Crippen molar-refractivity contribution in [3.8, 4) is 11.8 Å². The Morgan fingerprint density at radius 1 is 1.31 bits per heavy atom. The maximum absolute atomic E-state index is 12.0. The fourth-order valence-corrected chi connectivity index (χ4v) is 1.55. The lowest BCUT2D eigenvalue weighted by atomic mass is 10.3. The van der Waals surface area contributed by atoms with Crippen molar-refractivity contribution in [1.82, 2.24) is 10.4 Å². The van der Waals surface area contributed by atoms with Gasteiger partial charge in [0, 0.05) is 17.0 Å². The number of aromatic nitrogens is 3. The molecule has 1 aromatic heterocycles. The monoisotopic (exact) mass is 245 g/mol. The van der Waals surface area contributed by atoms with Crippen molar-refractivity contribution < 1.29 is 23.2 Å². The van der Waals surface area contributed by atoms with Crippen molar-refractivity contribution >= 4 is 11.8 Å². The van der Waals surface area contributed by atoms with E-state index in [0.717, 1.165) is 4.80 Å². The lowest BCUT2D eigenvalue weighted by molar-refractivity contribution is -0.726. The molecule has 16 heavy (non-hydrogen) atoms. The summed E-state index contributed by atoms with van der Waals surface area (Å²) in [7, 11) is 0. The van der Waals surface area contributed by atoms with Crippen LogP contribution < -0.4 is 9.90 Å². The van der Waals surface area contributed by atoms with E-state index < -0.39 is 11.8 Å². The first kappa shape index (κ1) is 10.8. The molecule has 0 unspecified atom stereocenters. The van der Waals surface area contributed by atoms with Crippen LogP contribution in [0.3, 0.4) is 0 Å². The number of halogens is 2. The minimum Gasteiger partial charge on any atom is -0.523 e. The third kappa shape index (κ3) is 2.45. The second kappa shape index (κ2) is 4.44. The Morgan fingerprint density at radius 3 is 2.50 bits per heavy atom. The highest BCUT2D eigenvalue weighted by Crippen LogP contribution is 2.24. The predicted molar refractivity (Wildman–Crippen MR) is 47.1 cm³/mol. The van der Waals surface area contributed by atoms with Gasteiger partial charge in [-0.1, -0.05) is 11.8 Å². The van der Waals surface area contributed by atoms with E-state index in [1.165, 1.54) is 24.3 Å². The van der Waals surface area contributed by atoms with Gasteiger partial charge in [0.25, 0.3) is 11.4 Å². The molecule has 84 valence electrons. The van der Waals surface area contributed by atoms with E-state index in [4.69, 9.17) is 0 Å². The first-order valence-corrected chi connectivity index (χ1v) is 5.02. The van der Waals surface area contributed by atoms with Crippen molar-refractivity contribution in [1.29, 1.82) is 0 Å². The van der Waals surface area contributed by atoms with Crippen LogP contribution in [0.25, 0.3) is 5.69 Å². The first-order chi connectivity index (χ1) is 7.65. The van der Waals surface area contributed by atoms with Crippen LogP contribution >= 0.6 is 11.8 Å². The molecule has 2 aromatic rings. The first-order valence-electron chi connectivity index (χ1n) is 4.14. The van der Waals surface area contributed by atoms with Gasteiger partial charge in [-0.2, -0.15) is 8.78 Å². The minimum absolute atomic E-state index is 0.421. The Bertz CT molecular complexity index is 474. The topological polar surface area (TPSA) is 65.9 Å². The summed E-state index contributed by atoms with van der Waals surface area (Å²) < 4.78 is 28.3. The van der Waals surface area contributed by atoms with Crippen LogP contribution in [0.1, 0.15) is 0 Å². The van der Waals surface area contributed by atoms with Crippen LogP contribution in [0.15, 0.2) is 33.7 Å². The molecule has 0 N–H and O–H groups in total. The van der Waals surface area contributed by atoms with Gasteiger partial charge < -0.3 is 9.63 Å². The molecule has 1 aromatic carbocycles. The van der Waals surface area contributed by atoms with Gasteiger partial charge in [-0.3, -0.25) is 0 Å². The van der Waals surface area contributed by atoms with Gasteiger partial charge >= 0.3 is 0 Å².